The van der Waals surface area contributed by atoms with Gasteiger partial charge in [-0.05, 0) is 31.5 Å². The largest absolute Gasteiger partial charge is 0.368 e. The first kappa shape index (κ1) is 16.3. The number of nitrogens with one attached hydrogen (secondary N) is 1. The normalized spacial score (nSPS) is 14.5. The molecule has 8 heteroatoms. The van der Waals surface area contributed by atoms with E-state index >= 15 is 0 Å². The molecular weight excluding hydrogens is 330 g/mol. The molecule has 0 atom stereocenters. The van der Waals surface area contributed by atoms with Crippen LogP contribution in [0.15, 0.2) is 41.1 Å². The summed E-state index contributed by atoms with van der Waals surface area (Å²) in [6.07, 6.45) is 1.58. The Morgan fingerprint density at radius 2 is 1.81 bits per heavy atom. The Bertz CT molecular complexity index is 887. The molecular formula is C18H21N7O. The fraction of sp³-hybridized carbons (Fsp3) is 0.333. The molecule has 0 radical (unpaired) electrons. The molecule has 1 saturated heterocycles. The van der Waals surface area contributed by atoms with Gasteiger partial charge in [-0.2, -0.15) is 10.1 Å². The summed E-state index contributed by atoms with van der Waals surface area (Å²) < 4.78 is 5.05. The van der Waals surface area contributed by atoms with E-state index in [-0.39, 0.29) is 0 Å². The van der Waals surface area contributed by atoms with E-state index in [2.05, 4.69) is 66.6 Å². The first-order valence-electron chi connectivity index (χ1n) is 8.64. The second kappa shape index (κ2) is 6.99. The van der Waals surface area contributed by atoms with E-state index in [9.17, 15) is 0 Å². The zero-order chi connectivity index (χ0) is 17.9. The molecule has 134 valence electrons. The molecule has 1 aliphatic rings. The number of benzene rings is 1. The highest BCUT2D eigenvalue weighted by Crippen LogP contribution is 2.20. The summed E-state index contributed by atoms with van der Waals surface area (Å²) in [7, 11) is 0. The van der Waals surface area contributed by atoms with Gasteiger partial charge in [-0.1, -0.05) is 17.3 Å². The number of aromatic nitrogens is 4. The van der Waals surface area contributed by atoms with Gasteiger partial charge in [0.2, 0.25) is 5.95 Å². The SMILES string of the molecule is Cc1cccc(N2CCN(c3nncc(Nc4cc(C)on4)n3)CC2)c1. The van der Waals surface area contributed by atoms with E-state index in [1.807, 2.05) is 13.0 Å². The smallest absolute Gasteiger partial charge is 0.247 e. The minimum atomic E-state index is 0.601. The van der Waals surface area contributed by atoms with E-state index < -0.39 is 0 Å². The fourth-order valence-electron chi connectivity index (χ4n) is 3.03. The number of nitrogens with zero attached hydrogens (tertiary/aromatic N) is 6. The molecule has 3 heterocycles. The quantitative estimate of drug-likeness (QED) is 0.768. The number of rotatable bonds is 4. The Labute approximate surface area is 151 Å². The lowest BCUT2D eigenvalue weighted by Gasteiger charge is -2.36. The van der Waals surface area contributed by atoms with Crippen LogP contribution in [0.4, 0.5) is 23.3 Å². The van der Waals surface area contributed by atoms with E-state index in [4.69, 9.17) is 4.52 Å². The third kappa shape index (κ3) is 3.58. The van der Waals surface area contributed by atoms with Crippen molar-refractivity contribution >= 4 is 23.3 Å². The van der Waals surface area contributed by atoms with Crippen molar-refractivity contribution in [2.24, 2.45) is 0 Å². The van der Waals surface area contributed by atoms with Gasteiger partial charge < -0.3 is 19.6 Å². The number of aryl methyl sites for hydroxylation is 2. The molecule has 1 fully saturated rings. The van der Waals surface area contributed by atoms with Crippen LogP contribution in [0.5, 0.6) is 0 Å². The maximum absolute atomic E-state index is 5.05. The van der Waals surface area contributed by atoms with Crippen molar-refractivity contribution in [2.75, 3.05) is 41.3 Å². The summed E-state index contributed by atoms with van der Waals surface area (Å²) in [5.41, 5.74) is 2.54. The predicted octanol–water partition coefficient (Wildman–Crippen LogP) is 2.55. The van der Waals surface area contributed by atoms with Crippen LogP contribution in [0, 0.1) is 13.8 Å². The van der Waals surface area contributed by atoms with E-state index in [0.717, 1.165) is 31.9 Å². The lowest BCUT2D eigenvalue weighted by Crippen LogP contribution is -2.47. The highest BCUT2D eigenvalue weighted by atomic mass is 16.5. The topological polar surface area (TPSA) is 83.2 Å². The van der Waals surface area contributed by atoms with Crippen LogP contribution in [0.25, 0.3) is 0 Å². The Morgan fingerprint density at radius 3 is 2.54 bits per heavy atom. The summed E-state index contributed by atoms with van der Waals surface area (Å²) in [6, 6.07) is 10.4. The van der Waals surface area contributed by atoms with Gasteiger partial charge in [0.1, 0.15) is 5.76 Å². The molecule has 8 nitrogen and oxygen atoms in total. The fourth-order valence-corrected chi connectivity index (χ4v) is 3.03. The van der Waals surface area contributed by atoms with Crippen molar-refractivity contribution in [3.8, 4) is 0 Å². The molecule has 0 spiro atoms. The minimum Gasteiger partial charge on any atom is -0.368 e. The lowest BCUT2D eigenvalue weighted by molar-refractivity contribution is 0.400. The van der Waals surface area contributed by atoms with Gasteiger partial charge in [0.25, 0.3) is 0 Å². The van der Waals surface area contributed by atoms with Crippen molar-refractivity contribution in [3.63, 3.8) is 0 Å². The van der Waals surface area contributed by atoms with Gasteiger partial charge in [0, 0.05) is 37.9 Å². The van der Waals surface area contributed by atoms with Gasteiger partial charge in [-0.15, -0.1) is 5.10 Å². The molecule has 0 bridgehead atoms. The summed E-state index contributed by atoms with van der Waals surface area (Å²) in [4.78, 5) is 9.09. The lowest BCUT2D eigenvalue weighted by atomic mass is 10.2. The summed E-state index contributed by atoms with van der Waals surface area (Å²) in [6.45, 7) is 7.51. The Kier molecular flexibility index (Phi) is 4.39. The van der Waals surface area contributed by atoms with Crippen molar-refractivity contribution in [1.82, 2.24) is 20.3 Å². The Balaban J connectivity index is 1.42. The van der Waals surface area contributed by atoms with Gasteiger partial charge in [-0.25, -0.2) is 0 Å². The molecule has 2 aromatic heterocycles. The first-order chi connectivity index (χ1) is 12.7. The monoisotopic (exact) mass is 351 g/mol. The van der Waals surface area contributed by atoms with E-state index in [1.54, 1.807) is 6.20 Å². The second-order valence-corrected chi connectivity index (χ2v) is 6.40. The third-order valence-electron chi connectivity index (χ3n) is 4.36. The van der Waals surface area contributed by atoms with Crippen molar-refractivity contribution in [3.05, 3.63) is 47.9 Å². The third-order valence-corrected chi connectivity index (χ3v) is 4.36. The number of anilines is 4. The van der Waals surface area contributed by atoms with Crippen LogP contribution in [-0.2, 0) is 0 Å². The molecule has 3 aromatic rings. The van der Waals surface area contributed by atoms with Crippen molar-refractivity contribution in [2.45, 2.75) is 13.8 Å². The van der Waals surface area contributed by atoms with Gasteiger partial charge in [0.05, 0.1) is 6.20 Å². The summed E-state index contributed by atoms with van der Waals surface area (Å²) in [5, 5.41) is 15.2. The molecule has 26 heavy (non-hydrogen) atoms. The molecule has 4 rings (SSSR count). The Hall–Kier alpha value is -3.16. The first-order valence-corrected chi connectivity index (χ1v) is 8.64. The summed E-state index contributed by atoms with van der Waals surface area (Å²) in [5.74, 6) is 2.57. The van der Waals surface area contributed by atoms with Crippen LogP contribution < -0.4 is 15.1 Å². The van der Waals surface area contributed by atoms with Gasteiger partial charge >= 0.3 is 0 Å². The van der Waals surface area contributed by atoms with E-state index in [0.29, 0.717) is 17.6 Å². The standard InChI is InChI=1S/C18H21N7O/c1-13-4-3-5-15(10-13)24-6-8-25(9-7-24)18-21-17(12-19-22-18)20-16-11-14(2)26-23-16/h3-5,10-12H,6-9H2,1-2H3,(H,20,21,22,23). The van der Waals surface area contributed by atoms with E-state index in [1.165, 1.54) is 11.3 Å². The molecule has 0 amide bonds. The highest BCUT2D eigenvalue weighted by Gasteiger charge is 2.20. The van der Waals surface area contributed by atoms with Crippen LogP contribution in [0.1, 0.15) is 11.3 Å². The maximum atomic E-state index is 5.05. The van der Waals surface area contributed by atoms with Gasteiger partial charge in [0.15, 0.2) is 11.6 Å². The minimum absolute atomic E-state index is 0.601. The molecule has 0 saturated carbocycles. The second-order valence-electron chi connectivity index (χ2n) is 6.40. The molecule has 1 aliphatic heterocycles. The summed E-state index contributed by atoms with van der Waals surface area (Å²) >= 11 is 0. The van der Waals surface area contributed by atoms with Crippen LogP contribution in [0.2, 0.25) is 0 Å². The Morgan fingerprint density at radius 1 is 1.00 bits per heavy atom. The molecule has 0 aliphatic carbocycles. The van der Waals surface area contributed by atoms with Crippen LogP contribution in [-0.4, -0.2) is 46.5 Å². The average molecular weight is 351 g/mol. The van der Waals surface area contributed by atoms with Crippen LogP contribution in [0.3, 0.4) is 0 Å². The molecule has 1 N–H and O–H groups in total. The number of piperazine rings is 1. The zero-order valence-corrected chi connectivity index (χ0v) is 14.9. The highest BCUT2D eigenvalue weighted by molar-refractivity contribution is 5.53. The number of hydrogen-bond acceptors (Lipinski definition) is 8. The average Bonchev–Trinajstić information content (AvgIpc) is 3.07. The number of hydrogen-bond donors (Lipinski definition) is 1. The predicted molar refractivity (Wildman–Crippen MR) is 100.0 cm³/mol. The van der Waals surface area contributed by atoms with Crippen molar-refractivity contribution < 1.29 is 4.52 Å². The van der Waals surface area contributed by atoms with Gasteiger partial charge in [-0.3, -0.25) is 0 Å². The van der Waals surface area contributed by atoms with Crippen LogP contribution >= 0.6 is 0 Å². The molecule has 1 aromatic carbocycles. The maximum Gasteiger partial charge on any atom is 0.247 e. The molecule has 0 unspecified atom stereocenters. The zero-order valence-electron chi connectivity index (χ0n) is 14.9. The van der Waals surface area contributed by atoms with Crippen molar-refractivity contribution in [1.29, 1.82) is 0 Å².